The quantitative estimate of drug-likeness (QED) is 0.677. The summed E-state index contributed by atoms with van der Waals surface area (Å²) in [6.45, 7) is 0. The van der Waals surface area contributed by atoms with Gasteiger partial charge < -0.3 is 10.8 Å². The Morgan fingerprint density at radius 3 is 2.67 bits per heavy atom. The van der Waals surface area contributed by atoms with Crippen molar-refractivity contribution in [2.75, 3.05) is 5.73 Å². The normalized spacial score (nSPS) is 10.7. The minimum Gasteiger partial charge on any atom is -0.507 e. The van der Waals surface area contributed by atoms with Crippen LogP contribution < -0.4 is 5.73 Å². The van der Waals surface area contributed by atoms with Gasteiger partial charge in [0.15, 0.2) is 5.82 Å². The zero-order valence-electron chi connectivity index (χ0n) is 9.41. The van der Waals surface area contributed by atoms with Crippen molar-refractivity contribution in [1.82, 2.24) is 15.2 Å². The molecule has 5 nitrogen and oxygen atoms in total. The fourth-order valence-corrected chi connectivity index (χ4v) is 1.89. The number of para-hydroxylation sites is 1. The first kappa shape index (κ1) is 10.5. The van der Waals surface area contributed by atoms with E-state index in [0.717, 1.165) is 10.8 Å². The summed E-state index contributed by atoms with van der Waals surface area (Å²) in [6, 6.07) is 8.80. The molecule has 2 heterocycles. The number of aromatic hydroxyl groups is 1. The average molecular weight is 238 g/mol. The van der Waals surface area contributed by atoms with Gasteiger partial charge >= 0.3 is 0 Å². The Kier molecular flexibility index (Phi) is 2.30. The maximum absolute atomic E-state index is 9.88. The van der Waals surface area contributed by atoms with Crippen LogP contribution in [0.25, 0.3) is 22.0 Å². The first-order valence-corrected chi connectivity index (χ1v) is 5.41. The van der Waals surface area contributed by atoms with E-state index in [0.29, 0.717) is 17.1 Å². The number of anilines is 1. The lowest BCUT2D eigenvalue weighted by atomic mass is 10.1. The third kappa shape index (κ3) is 1.53. The van der Waals surface area contributed by atoms with E-state index in [2.05, 4.69) is 15.2 Å². The monoisotopic (exact) mass is 238 g/mol. The van der Waals surface area contributed by atoms with Gasteiger partial charge in [0.2, 0.25) is 0 Å². The van der Waals surface area contributed by atoms with Crippen LogP contribution in [0, 0.1) is 0 Å². The number of hydrogen-bond donors (Lipinski definition) is 2. The molecule has 0 aliphatic heterocycles. The van der Waals surface area contributed by atoms with Gasteiger partial charge in [0.05, 0.1) is 0 Å². The minimum atomic E-state index is 0.162. The van der Waals surface area contributed by atoms with E-state index in [1.54, 1.807) is 30.6 Å². The van der Waals surface area contributed by atoms with Crippen molar-refractivity contribution in [3.8, 4) is 17.0 Å². The third-order valence-electron chi connectivity index (χ3n) is 2.77. The van der Waals surface area contributed by atoms with Gasteiger partial charge in [0.25, 0.3) is 0 Å². The number of hydrogen-bond acceptors (Lipinski definition) is 5. The van der Waals surface area contributed by atoms with E-state index in [1.807, 2.05) is 12.1 Å². The summed E-state index contributed by atoms with van der Waals surface area (Å²) < 4.78 is 0. The minimum absolute atomic E-state index is 0.162. The second kappa shape index (κ2) is 3.96. The van der Waals surface area contributed by atoms with Crippen LogP contribution in [0.4, 0.5) is 5.82 Å². The number of phenols is 1. The molecule has 3 rings (SSSR count). The maximum Gasteiger partial charge on any atom is 0.155 e. The smallest absolute Gasteiger partial charge is 0.155 e. The van der Waals surface area contributed by atoms with E-state index in [4.69, 9.17) is 5.73 Å². The summed E-state index contributed by atoms with van der Waals surface area (Å²) in [4.78, 5) is 4.02. The number of nitrogens with zero attached hydrogens (tertiary/aromatic N) is 3. The summed E-state index contributed by atoms with van der Waals surface area (Å²) in [7, 11) is 0. The van der Waals surface area contributed by atoms with Gasteiger partial charge in [-0.3, -0.25) is 4.98 Å². The van der Waals surface area contributed by atoms with E-state index in [-0.39, 0.29) is 5.75 Å². The van der Waals surface area contributed by atoms with Crippen LogP contribution in [-0.4, -0.2) is 20.3 Å². The van der Waals surface area contributed by atoms with E-state index >= 15 is 0 Å². The molecule has 5 heteroatoms. The van der Waals surface area contributed by atoms with Crippen molar-refractivity contribution in [2.24, 2.45) is 0 Å². The average Bonchev–Trinajstić information content (AvgIpc) is 2.41. The number of nitrogens with two attached hydrogens (primary N) is 1. The van der Waals surface area contributed by atoms with Crippen LogP contribution in [0.1, 0.15) is 0 Å². The molecule has 3 N–H and O–H groups in total. The summed E-state index contributed by atoms with van der Waals surface area (Å²) >= 11 is 0. The molecule has 0 radical (unpaired) electrons. The highest BCUT2D eigenvalue weighted by atomic mass is 16.3. The lowest BCUT2D eigenvalue weighted by Gasteiger charge is -2.07. The van der Waals surface area contributed by atoms with Crippen LogP contribution in [0.3, 0.4) is 0 Å². The van der Waals surface area contributed by atoms with Crippen LogP contribution in [0.15, 0.2) is 42.7 Å². The van der Waals surface area contributed by atoms with Gasteiger partial charge in [-0.2, -0.15) is 0 Å². The first-order chi connectivity index (χ1) is 8.77. The second-order valence-electron chi connectivity index (χ2n) is 3.87. The summed E-state index contributed by atoms with van der Waals surface area (Å²) in [5.74, 6) is 0.493. The van der Waals surface area contributed by atoms with Gasteiger partial charge in [-0.05, 0) is 18.2 Å². The molecule has 3 aromatic rings. The van der Waals surface area contributed by atoms with Crippen LogP contribution in [-0.2, 0) is 0 Å². The predicted octanol–water partition coefficient (Wildman–Crippen LogP) is 1.98. The number of rotatable bonds is 1. The standard InChI is InChI=1S/C13H10N4O/c14-13-10-7-15-6-5-8(10)12(16-17-13)9-3-1-2-4-11(9)18/h1-7,18H,(H2,14,17). The molecule has 0 saturated heterocycles. The Bertz CT molecular complexity index is 727. The molecule has 0 amide bonds. The van der Waals surface area contributed by atoms with E-state index in [1.165, 1.54) is 0 Å². The molecule has 0 atom stereocenters. The zero-order valence-corrected chi connectivity index (χ0v) is 9.41. The highest BCUT2D eigenvalue weighted by molar-refractivity contribution is 5.99. The summed E-state index contributed by atoms with van der Waals surface area (Å²) in [5, 5.41) is 19.4. The van der Waals surface area contributed by atoms with Crippen molar-refractivity contribution in [3.05, 3.63) is 42.7 Å². The van der Waals surface area contributed by atoms with Crippen LogP contribution in [0.2, 0.25) is 0 Å². The number of pyridine rings is 1. The molecule has 1 aromatic carbocycles. The molecule has 0 aliphatic carbocycles. The maximum atomic E-state index is 9.88. The Balaban J connectivity index is 2.38. The van der Waals surface area contributed by atoms with E-state index < -0.39 is 0 Å². The molecule has 0 fully saturated rings. The van der Waals surface area contributed by atoms with Crippen molar-refractivity contribution in [3.63, 3.8) is 0 Å². The molecule has 18 heavy (non-hydrogen) atoms. The molecular weight excluding hydrogens is 228 g/mol. The second-order valence-corrected chi connectivity index (χ2v) is 3.87. The number of aromatic nitrogens is 3. The predicted molar refractivity (Wildman–Crippen MR) is 68.8 cm³/mol. The zero-order chi connectivity index (χ0) is 12.5. The lowest BCUT2D eigenvalue weighted by Crippen LogP contribution is -1.98. The van der Waals surface area contributed by atoms with Crippen LogP contribution in [0.5, 0.6) is 5.75 Å². The topological polar surface area (TPSA) is 84.9 Å². The van der Waals surface area contributed by atoms with Crippen molar-refractivity contribution < 1.29 is 5.11 Å². The molecule has 2 aromatic heterocycles. The molecule has 0 saturated carbocycles. The van der Waals surface area contributed by atoms with Gasteiger partial charge in [-0.1, -0.05) is 12.1 Å². The van der Waals surface area contributed by atoms with Gasteiger partial charge in [-0.25, -0.2) is 0 Å². The third-order valence-corrected chi connectivity index (χ3v) is 2.77. The number of fused-ring (bicyclic) bond motifs is 1. The van der Waals surface area contributed by atoms with Gasteiger partial charge in [0.1, 0.15) is 11.4 Å². The van der Waals surface area contributed by atoms with Crippen molar-refractivity contribution in [1.29, 1.82) is 0 Å². The lowest BCUT2D eigenvalue weighted by molar-refractivity contribution is 0.477. The number of phenolic OH excluding ortho intramolecular Hbond substituents is 1. The van der Waals surface area contributed by atoms with E-state index in [9.17, 15) is 5.11 Å². The molecule has 0 unspecified atom stereocenters. The Morgan fingerprint density at radius 1 is 1.00 bits per heavy atom. The van der Waals surface area contributed by atoms with Crippen LogP contribution >= 0.6 is 0 Å². The molecule has 0 aliphatic rings. The highest BCUT2D eigenvalue weighted by Crippen LogP contribution is 2.32. The summed E-state index contributed by atoms with van der Waals surface area (Å²) in [6.07, 6.45) is 3.30. The fourth-order valence-electron chi connectivity index (χ4n) is 1.89. The Hall–Kier alpha value is -2.69. The molecule has 88 valence electrons. The van der Waals surface area contributed by atoms with Crippen molar-refractivity contribution in [2.45, 2.75) is 0 Å². The highest BCUT2D eigenvalue weighted by Gasteiger charge is 2.11. The first-order valence-electron chi connectivity index (χ1n) is 5.41. The Morgan fingerprint density at radius 2 is 1.83 bits per heavy atom. The molecule has 0 bridgehead atoms. The van der Waals surface area contributed by atoms with Crippen molar-refractivity contribution >= 4 is 16.6 Å². The number of nitrogen functional groups attached to an aromatic ring is 1. The number of benzene rings is 1. The SMILES string of the molecule is Nc1nnc(-c2ccccc2O)c2ccncc12. The molecule has 0 spiro atoms. The van der Waals surface area contributed by atoms with Gasteiger partial charge in [0, 0.05) is 28.7 Å². The Labute approximate surface area is 103 Å². The largest absolute Gasteiger partial charge is 0.507 e. The summed E-state index contributed by atoms with van der Waals surface area (Å²) in [5.41, 5.74) is 6.99. The van der Waals surface area contributed by atoms with Gasteiger partial charge in [-0.15, -0.1) is 10.2 Å². The fraction of sp³-hybridized carbons (Fsp3) is 0. The molecular formula is C13H10N4O.